The van der Waals surface area contributed by atoms with Crippen molar-refractivity contribution in [2.24, 2.45) is 4.99 Å². The van der Waals surface area contributed by atoms with Crippen molar-refractivity contribution >= 4 is 15.8 Å². The van der Waals surface area contributed by atoms with Gasteiger partial charge in [0.2, 0.25) is 0 Å². The third kappa shape index (κ3) is 7.30. The standard InChI is InChI=1S/C20H27N3O3S/c1-17-9-11-18(12-10-17)26-15-14-23-20(21-2)22-13-6-16-27(24,25)19-7-4-3-5-8-19/h3-5,7-12H,6,13-16H2,1-2H3,(H2,21,22,23). The van der Waals surface area contributed by atoms with Crippen LogP contribution in [0.15, 0.2) is 64.5 Å². The number of nitrogens with one attached hydrogen (secondary N) is 2. The molecule has 7 heteroatoms. The van der Waals surface area contributed by atoms with Crippen molar-refractivity contribution in [1.29, 1.82) is 0 Å². The largest absolute Gasteiger partial charge is 0.492 e. The Bertz CT molecular complexity index is 819. The molecule has 0 aliphatic carbocycles. The lowest BCUT2D eigenvalue weighted by molar-refractivity contribution is 0.322. The number of hydrogen-bond acceptors (Lipinski definition) is 4. The molecule has 0 atom stereocenters. The van der Waals surface area contributed by atoms with E-state index in [1.807, 2.05) is 31.2 Å². The minimum Gasteiger partial charge on any atom is -0.492 e. The molecule has 0 radical (unpaired) electrons. The van der Waals surface area contributed by atoms with Crippen molar-refractivity contribution in [3.63, 3.8) is 0 Å². The molecule has 2 N–H and O–H groups in total. The first kappa shape index (κ1) is 20.8. The van der Waals surface area contributed by atoms with Crippen LogP contribution in [0.1, 0.15) is 12.0 Å². The molecule has 0 aliphatic heterocycles. The average Bonchev–Trinajstić information content (AvgIpc) is 2.69. The van der Waals surface area contributed by atoms with E-state index in [1.54, 1.807) is 37.4 Å². The number of sulfone groups is 1. The normalized spacial score (nSPS) is 11.9. The van der Waals surface area contributed by atoms with Crippen LogP contribution >= 0.6 is 0 Å². The molecule has 0 spiro atoms. The zero-order chi connectivity index (χ0) is 19.5. The summed E-state index contributed by atoms with van der Waals surface area (Å²) in [4.78, 5) is 4.49. The summed E-state index contributed by atoms with van der Waals surface area (Å²) in [6.45, 7) is 3.65. The fourth-order valence-corrected chi connectivity index (χ4v) is 3.74. The van der Waals surface area contributed by atoms with Gasteiger partial charge in [0.25, 0.3) is 0 Å². The van der Waals surface area contributed by atoms with Gasteiger partial charge in [-0.05, 0) is 37.6 Å². The van der Waals surface area contributed by atoms with Crippen molar-refractivity contribution in [2.45, 2.75) is 18.2 Å². The zero-order valence-electron chi connectivity index (χ0n) is 15.8. The maximum absolute atomic E-state index is 12.2. The Morgan fingerprint density at radius 2 is 1.67 bits per heavy atom. The third-order valence-corrected chi connectivity index (χ3v) is 5.71. The maximum Gasteiger partial charge on any atom is 0.191 e. The molecule has 0 fully saturated rings. The number of ether oxygens (including phenoxy) is 1. The molecule has 2 rings (SSSR count). The monoisotopic (exact) mass is 389 g/mol. The van der Waals surface area contributed by atoms with Crippen LogP contribution in [0.3, 0.4) is 0 Å². The minimum atomic E-state index is -3.24. The van der Waals surface area contributed by atoms with Crippen LogP contribution in [-0.4, -0.2) is 46.9 Å². The highest BCUT2D eigenvalue weighted by Gasteiger charge is 2.13. The first-order valence-electron chi connectivity index (χ1n) is 8.93. The molecule has 0 unspecified atom stereocenters. The van der Waals surface area contributed by atoms with E-state index in [9.17, 15) is 8.42 Å². The van der Waals surface area contributed by atoms with Crippen LogP contribution in [-0.2, 0) is 9.84 Å². The van der Waals surface area contributed by atoms with Crippen molar-refractivity contribution in [3.05, 3.63) is 60.2 Å². The topological polar surface area (TPSA) is 79.8 Å². The molecule has 2 aromatic rings. The van der Waals surface area contributed by atoms with E-state index in [-0.39, 0.29) is 5.75 Å². The second-order valence-corrected chi connectivity index (χ2v) is 8.18. The number of benzene rings is 2. The minimum absolute atomic E-state index is 0.0948. The average molecular weight is 390 g/mol. The van der Waals surface area contributed by atoms with Gasteiger partial charge in [-0.2, -0.15) is 0 Å². The molecule has 146 valence electrons. The molecule has 0 bridgehead atoms. The van der Waals surface area contributed by atoms with Crippen LogP contribution < -0.4 is 15.4 Å². The van der Waals surface area contributed by atoms with Gasteiger partial charge in [0.05, 0.1) is 17.2 Å². The molecule has 0 aromatic heterocycles. The Kier molecular flexibility index (Phi) is 8.13. The highest BCUT2D eigenvalue weighted by molar-refractivity contribution is 7.91. The molecule has 0 saturated carbocycles. The lowest BCUT2D eigenvalue weighted by atomic mass is 10.2. The molecule has 0 amide bonds. The second kappa shape index (κ2) is 10.6. The predicted octanol–water partition coefficient (Wildman–Crippen LogP) is 2.40. The van der Waals surface area contributed by atoms with E-state index in [0.29, 0.717) is 37.0 Å². The van der Waals surface area contributed by atoms with Crippen LogP contribution in [0.25, 0.3) is 0 Å². The number of rotatable bonds is 9. The van der Waals surface area contributed by atoms with Crippen molar-refractivity contribution in [2.75, 3.05) is 32.5 Å². The Labute approximate surface area is 161 Å². The van der Waals surface area contributed by atoms with Crippen LogP contribution in [0.4, 0.5) is 0 Å². The van der Waals surface area contributed by atoms with E-state index < -0.39 is 9.84 Å². The number of guanidine groups is 1. The molecular weight excluding hydrogens is 362 g/mol. The summed E-state index contributed by atoms with van der Waals surface area (Å²) >= 11 is 0. The van der Waals surface area contributed by atoms with E-state index in [1.165, 1.54) is 5.56 Å². The summed E-state index contributed by atoms with van der Waals surface area (Å²) in [5.74, 6) is 1.55. The number of hydrogen-bond donors (Lipinski definition) is 2. The molecule has 0 saturated heterocycles. The smallest absolute Gasteiger partial charge is 0.191 e. The van der Waals surface area contributed by atoms with Crippen molar-refractivity contribution in [1.82, 2.24) is 10.6 Å². The Balaban J connectivity index is 1.64. The van der Waals surface area contributed by atoms with Crippen LogP contribution in [0, 0.1) is 6.92 Å². The molecule has 27 heavy (non-hydrogen) atoms. The van der Waals surface area contributed by atoms with E-state index in [0.717, 1.165) is 5.75 Å². The van der Waals surface area contributed by atoms with Gasteiger partial charge in [0.1, 0.15) is 12.4 Å². The summed E-state index contributed by atoms with van der Waals surface area (Å²) in [5, 5.41) is 6.26. The van der Waals surface area contributed by atoms with Gasteiger partial charge in [0.15, 0.2) is 15.8 Å². The van der Waals surface area contributed by atoms with Crippen molar-refractivity contribution in [3.8, 4) is 5.75 Å². The number of nitrogens with zero attached hydrogens (tertiary/aromatic N) is 1. The van der Waals surface area contributed by atoms with Crippen LogP contribution in [0.5, 0.6) is 5.75 Å². The highest BCUT2D eigenvalue weighted by atomic mass is 32.2. The van der Waals surface area contributed by atoms with E-state index in [2.05, 4.69) is 15.6 Å². The summed E-state index contributed by atoms with van der Waals surface area (Å²) < 4.78 is 30.1. The summed E-state index contributed by atoms with van der Waals surface area (Å²) in [6.07, 6.45) is 0.498. The summed E-state index contributed by atoms with van der Waals surface area (Å²) in [5.41, 5.74) is 1.19. The van der Waals surface area contributed by atoms with Crippen LogP contribution in [0.2, 0.25) is 0 Å². The van der Waals surface area contributed by atoms with E-state index in [4.69, 9.17) is 4.74 Å². The van der Waals surface area contributed by atoms with Crippen molar-refractivity contribution < 1.29 is 13.2 Å². The molecule has 6 nitrogen and oxygen atoms in total. The zero-order valence-corrected chi connectivity index (χ0v) is 16.6. The number of aryl methyl sites for hydroxylation is 1. The Morgan fingerprint density at radius 1 is 1.00 bits per heavy atom. The number of aliphatic imine (C=N–C) groups is 1. The van der Waals surface area contributed by atoms with Gasteiger partial charge < -0.3 is 15.4 Å². The Morgan fingerprint density at radius 3 is 2.33 bits per heavy atom. The quantitative estimate of drug-likeness (QED) is 0.391. The lowest BCUT2D eigenvalue weighted by Gasteiger charge is -2.12. The summed E-state index contributed by atoms with van der Waals surface area (Å²) in [6, 6.07) is 16.4. The van der Waals surface area contributed by atoms with Gasteiger partial charge in [-0.1, -0.05) is 35.9 Å². The molecule has 0 heterocycles. The van der Waals surface area contributed by atoms with Gasteiger partial charge >= 0.3 is 0 Å². The molecular formula is C20H27N3O3S. The first-order chi connectivity index (χ1) is 13.0. The fourth-order valence-electron chi connectivity index (χ4n) is 2.41. The summed E-state index contributed by atoms with van der Waals surface area (Å²) in [7, 11) is -1.56. The van der Waals surface area contributed by atoms with Gasteiger partial charge in [-0.25, -0.2) is 8.42 Å². The lowest BCUT2D eigenvalue weighted by Crippen LogP contribution is -2.40. The second-order valence-electron chi connectivity index (χ2n) is 6.07. The SMILES string of the molecule is CN=C(NCCCS(=O)(=O)c1ccccc1)NCCOc1ccc(C)cc1. The predicted molar refractivity (Wildman–Crippen MR) is 109 cm³/mol. The molecule has 0 aliphatic rings. The first-order valence-corrected chi connectivity index (χ1v) is 10.6. The van der Waals surface area contributed by atoms with Gasteiger partial charge in [0, 0.05) is 13.6 Å². The third-order valence-electron chi connectivity index (χ3n) is 3.89. The molecule has 2 aromatic carbocycles. The van der Waals surface area contributed by atoms with Gasteiger partial charge in [-0.3, -0.25) is 4.99 Å². The fraction of sp³-hybridized carbons (Fsp3) is 0.350. The Hall–Kier alpha value is -2.54. The van der Waals surface area contributed by atoms with E-state index >= 15 is 0 Å². The maximum atomic E-state index is 12.2. The highest BCUT2D eigenvalue weighted by Crippen LogP contribution is 2.11. The van der Waals surface area contributed by atoms with Gasteiger partial charge in [-0.15, -0.1) is 0 Å².